The number of hydrogen-bond acceptors (Lipinski definition) is 0. The van der Waals surface area contributed by atoms with E-state index in [1.165, 1.54) is 83.2 Å². The fourth-order valence-corrected chi connectivity index (χ4v) is 6.03. The molecule has 0 aliphatic carbocycles. The normalized spacial score (nSPS) is 11.5. The van der Waals surface area contributed by atoms with Crippen molar-refractivity contribution in [1.82, 2.24) is 0 Å². The zero-order valence-electron chi connectivity index (χ0n) is 38.9. The summed E-state index contributed by atoms with van der Waals surface area (Å²) in [7, 11) is -18.0. The summed E-state index contributed by atoms with van der Waals surface area (Å²) in [6.45, 7) is 9.92. The molecule has 370 valence electrons. The van der Waals surface area contributed by atoms with Crippen LogP contribution in [0.15, 0.2) is 152 Å². The van der Waals surface area contributed by atoms with E-state index in [0.717, 1.165) is 19.6 Å². The van der Waals surface area contributed by atoms with E-state index >= 15 is 0 Å². The third-order valence-corrected chi connectivity index (χ3v) is 9.40. The fraction of sp³-hybridized carbons (Fsp3) is 0.235. The molecule has 0 N–H and O–H groups in total. The van der Waals surface area contributed by atoms with Gasteiger partial charge in [-0.05, 0) is 45.5 Å². The molecule has 3 heterocycles. The number of pyridine rings is 3. The van der Waals surface area contributed by atoms with Crippen molar-refractivity contribution in [3.8, 4) is 11.3 Å². The number of nitrogens with zero attached hydrogens (tertiary/aromatic N) is 3. The van der Waals surface area contributed by atoms with E-state index in [-0.39, 0.29) is 0 Å². The predicted molar refractivity (Wildman–Crippen MR) is 260 cm³/mol. The lowest BCUT2D eigenvalue weighted by Gasteiger charge is -2.06. The monoisotopic (exact) mass is 973 g/mol. The minimum atomic E-state index is -6.00. The number of halogens is 12. The highest BCUT2D eigenvalue weighted by atomic mass is 19.5. The largest absolute Gasteiger partial charge is 0.673 e. The zero-order chi connectivity index (χ0) is 51.1. The second-order valence-electron chi connectivity index (χ2n) is 15.3. The Hall–Kier alpha value is -6.32. The van der Waals surface area contributed by atoms with Crippen LogP contribution in [-0.4, -0.2) is 21.8 Å². The van der Waals surface area contributed by atoms with Gasteiger partial charge in [-0.1, -0.05) is 149 Å². The minimum absolute atomic E-state index is 1.03. The Bertz CT molecular complexity index is 2330. The van der Waals surface area contributed by atoms with Gasteiger partial charge in [-0.3, -0.25) is 0 Å². The SMILES string of the molecule is CCCC[n+]1ccc(/C=C/c2ccc(-c3cc(/C=C/c4ccccc4)cc[n+]3CCCC)cc2)cc1.CCCC[n+]1ccc(/C=C/c2ccccc2)cc1.F[B-](F)(F)F.F[B-](F)(F)F.F[B-](F)(F)F. The summed E-state index contributed by atoms with van der Waals surface area (Å²) >= 11 is 0. The van der Waals surface area contributed by atoms with Crippen LogP contribution in [0.4, 0.5) is 51.8 Å². The number of aromatic nitrogens is 3. The third-order valence-electron chi connectivity index (χ3n) is 9.40. The lowest BCUT2D eigenvalue weighted by Crippen LogP contribution is -2.35. The van der Waals surface area contributed by atoms with Crippen LogP contribution in [0.1, 0.15) is 92.7 Å². The number of hydrogen-bond donors (Lipinski definition) is 0. The van der Waals surface area contributed by atoms with E-state index in [1.54, 1.807) is 0 Å². The quantitative estimate of drug-likeness (QED) is 0.0520. The summed E-state index contributed by atoms with van der Waals surface area (Å²) in [4.78, 5) is 0. The molecule has 0 fully saturated rings. The van der Waals surface area contributed by atoms with E-state index in [0.29, 0.717) is 0 Å². The van der Waals surface area contributed by atoms with Crippen molar-refractivity contribution >= 4 is 58.2 Å². The predicted octanol–water partition coefficient (Wildman–Crippen LogP) is 15.7. The van der Waals surface area contributed by atoms with E-state index in [9.17, 15) is 51.8 Å². The van der Waals surface area contributed by atoms with Crippen LogP contribution in [0.5, 0.6) is 0 Å². The molecular formula is C51H58B3F12N3. The molecule has 0 atom stereocenters. The molecule has 6 rings (SSSR count). The average Bonchev–Trinajstić information content (AvgIpc) is 3.30. The Balaban J connectivity index is 0.000000406. The number of unbranched alkanes of at least 4 members (excludes halogenated alkanes) is 3. The Labute approximate surface area is 398 Å². The maximum atomic E-state index is 9.75. The smallest absolute Gasteiger partial charge is 0.418 e. The molecule has 0 unspecified atom stereocenters. The summed E-state index contributed by atoms with van der Waals surface area (Å²) in [6.07, 6.45) is 31.2. The molecule has 69 heavy (non-hydrogen) atoms. The highest BCUT2D eigenvalue weighted by molar-refractivity contribution is 6.50. The van der Waals surface area contributed by atoms with Crippen LogP contribution in [-0.2, 0) is 19.6 Å². The van der Waals surface area contributed by atoms with Crippen molar-refractivity contribution in [3.05, 3.63) is 186 Å². The summed E-state index contributed by atoms with van der Waals surface area (Å²) in [6, 6.07) is 43.0. The minimum Gasteiger partial charge on any atom is -0.418 e. The van der Waals surface area contributed by atoms with Crippen LogP contribution in [0.25, 0.3) is 47.7 Å². The van der Waals surface area contributed by atoms with Crippen molar-refractivity contribution < 1.29 is 65.5 Å². The van der Waals surface area contributed by atoms with Crippen molar-refractivity contribution in [3.63, 3.8) is 0 Å². The maximum absolute atomic E-state index is 9.75. The lowest BCUT2D eigenvalue weighted by atomic mass is 10.0. The first-order chi connectivity index (χ1) is 32.6. The number of benzene rings is 3. The highest BCUT2D eigenvalue weighted by Gasteiger charge is 2.21. The first-order valence-corrected chi connectivity index (χ1v) is 22.5. The van der Waals surface area contributed by atoms with Gasteiger partial charge in [-0.15, -0.1) is 0 Å². The molecule has 0 saturated heterocycles. The van der Waals surface area contributed by atoms with Gasteiger partial charge in [-0.2, -0.15) is 4.57 Å². The first kappa shape index (κ1) is 58.8. The zero-order valence-corrected chi connectivity index (χ0v) is 38.9. The van der Waals surface area contributed by atoms with E-state index in [4.69, 9.17) is 0 Å². The molecule has 3 aromatic carbocycles. The van der Waals surface area contributed by atoms with Gasteiger partial charge in [0.15, 0.2) is 31.0 Å². The number of aryl methyl sites for hydroxylation is 3. The van der Waals surface area contributed by atoms with E-state index < -0.39 is 21.8 Å². The van der Waals surface area contributed by atoms with Crippen molar-refractivity contribution in [2.75, 3.05) is 0 Å². The number of rotatable bonds is 16. The Morgan fingerprint density at radius 1 is 0.348 bits per heavy atom. The molecular weight excluding hydrogens is 915 g/mol. The molecule has 0 radical (unpaired) electrons. The van der Waals surface area contributed by atoms with Crippen LogP contribution in [0.2, 0.25) is 0 Å². The second-order valence-corrected chi connectivity index (χ2v) is 15.3. The van der Waals surface area contributed by atoms with Crippen LogP contribution < -0.4 is 13.7 Å². The third kappa shape index (κ3) is 31.4. The van der Waals surface area contributed by atoms with Crippen LogP contribution in [0, 0.1) is 0 Å². The fourth-order valence-electron chi connectivity index (χ4n) is 6.03. The Morgan fingerprint density at radius 2 is 0.638 bits per heavy atom. The second kappa shape index (κ2) is 31.7. The van der Waals surface area contributed by atoms with Gasteiger partial charge in [0.2, 0.25) is 5.69 Å². The topological polar surface area (TPSA) is 11.6 Å². The van der Waals surface area contributed by atoms with Crippen molar-refractivity contribution in [2.24, 2.45) is 0 Å². The Kier molecular flexibility index (Phi) is 27.0. The van der Waals surface area contributed by atoms with Gasteiger partial charge in [0, 0.05) is 61.2 Å². The summed E-state index contributed by atoms with van der Waals surface area (Å²) < 4.78 is 124. The highest BCUT2D eigenvalue weighted by Crippen LogP contribution is 2.21. The first-order valence-electron chi connectivity index (χ1n) is 22.5. The van der Waals surface area contributed by atoms with Gasteiger partial charge in [-0.25, -0.2) is 9.13 Å². The standard InChI is InChI=1S/C34H38N2.C17H20N.3BF4/c1-3-5-23-35-25-20-31(21-26-35)13-12-30-16-18-33(19-17-30)34-28-32(22-27-36(34)24-6-4-2)15-14-29-10-8-7-9-11-29;1-2-3-13-18-14-11-17(12-15-18)10-9-16-7-5-4-6-8-16;3*2-1(3,4)5/h7-22,25-28H,3-6,23-24H2,1-2H3;4-12,14-15H,2-3,13H2,1H3;;;/q+2;+1;3*-1/b13-12+,15-14+;10-9+;;;. The molecule has 0 aliphatic heterocycles. The summed E-state index contributed by atoms with van der Waals surface area (Å²) in [5.74, 6) is 0. The summed E-state index contributed by atoms with van der Waals surface area (Å²) in [5.41, 5.74) is 9.84. The van der Waals surface area contributed by atoms with E-state index in [1.807, 2.05) is 6.07 Å². The Morgan fingerprint density at radius 3 is 0.986 bits per heavy atom. The lowest BCUT2D eigenvalue weighted by molar-refractivity contribution is -0.697. The molecule has 6 aromatic rings. The average molecular weight is 973 g/mol. The molecule has 0 aliphatic rings. The van der Waals surface area contributed by atoms with Gasteiger partial charge < -0.3 is 51.8 Å². The molecule has 3 nitrogen and oxygen atoms in total. The molecule has 0 saturated carbocycles. The molecule has 0 spiro atoms. The van der Waals surface area contributed by atoms with Gasteiger partial charge >= 0.3 is 21.8 Å². The van der Waals surface area contributed by atoms with Crippen molar-refractivity contribution in [1.29, 1.82) is 0 Å². The van der Waals surface area contributed by atoms with Gasteiger partial charge in [0.1, 0.15) is 19.6 Å². The van der Waals surface area contributed by atoms with Crippen LogP contribution in [0.3, 0.4) is 0 Å². The van der Waals surface area contributed by atoms with Gasteiger partial charge in [0.05, 0.1) is 0 Å². The molecule has 3 aromatic heterocycles. The maximum Gasteiger partial charge on any atom is 0.673 e. The molecule has 18 heteroatoms. The summed E-state index contributed by atoms with van der Waals surface area (Å²) in [5, 5.41) is 0. The molecule has 0 bridgehead atoms. The van der Waals surface area contributed by atoms with Crippen molar-refractivity contribution in [2.45, 2.75) is 78.9 Å². The van der Waals surface area contributed by atoms with E-state index in [2.05, 4.69) is 217 Å². The van der Waals surface area contributed by atoms with Gasteiger partial charge in [0.25, 0.3) is 0 Å². The van der Waals surface area contributed by atoms with Crippen LogP contribution >= 0.6 is 0 Å². The molecule has 0 amide bonds.